The number of aromatic nitrogens is 2. The van der Waals surface area contributed by atoms with Gasteiger partial charge in [0, 0.05) is 44.3 Å². The Morgan fingerprint density at radius 3 is 2.45 bits per heavy atom. The number of nitrogens with one attached hydrogen (secondary N) is 1. The van der Waals surface area contributed by atoms with Gasteiger partial charge in [-0.15, -0.1) is 0 Å². The van der Waals surface area contributed by atoms with E-state index in [-0.39, 0.29) is 17.8 Å². The Bertz CT molecular complexity index is 1410. The summed E-state index contributed by atoms with van der Waals surface area (Å²) in [5.74, 6) is 0.847. The lowest BCUT2D eigenvalue weighted by Gasteiger charge is -2.32. The van der Waals surface area contributed by atoms with Crippen LogP contribution in [0.3, 0.4) is 0 Å². The molecule has 38 heavy (non-hydrogen) atoms. The van der Waals surface area contributed by atoms with Crippen molar-refractivity contribution in [3.63, 3.8) is 0 Å². The third-order valence-electron chi connectivity index (χ3n) is 7.18. The summed E-state index contributed by atoms with van der Waals surface area (Å²) in [5, 5.41) is 0. The normalized spacial score (nSPS) is 14.2. The monoisotopic (exact) mass is 514 g/mol. The molecule has 8 nitrogen and oxygen atoms in total. The number of likely N-dealkylation sites (tertiary alicyclic amines) is 1. The average molecular weight is 515 g/mol. The zero-order valence-corrected chi connectivity index (χ0v) is 21.7. The van der Waals surface area contributed by atoms with Crippen molar-refractivity contribution in [3.8, 4) is 5.75 Å². The number of ether oxygens (including phenoxy) is 2. The molecule has 0 unspecified atom stereocenters. The van der Waals surface area contributed by atoms with Crippen molar-refractivity contribution >= 4 is 17.1 Å². The van der Waals surface area contributed by atoms with Gasteiger partial charge in [0.05, 0.1) is 18.1 Å². The van der Waals surface area contributed by atoms with E-state index in [4.69, 9.17) is 9.47 Å². The van der Waals surface area contributed by atoms with Crippen LogP contribution in [0.15, 0.2) is 83.7 Å². The first kappa shape index (κ1) is 25.6. The fourth-order valence-corrected chi connectivity index (χ4v) is 5.23. The molecule has 0 saturated carbocycles. The summed E-state index contributed by atoms with van der Waals surface area (Å²) in [7, 11) is 1.68. The largest absolute Gasteiger partial charge is 0.496 e. The minimum atomic E-state index is -0.299. The third-order valence-corrected chi connectivity index (χ3v) is 7.18. The van der Waals surface area contributed by atoms with Gasteiger partial charge in [0.15, 0.2) is 0 Å². The Hall–Kier alpha value is -4.04. The van der Waals surface area contributed by atoms with Crippen molar-refractivity contribution in [2.24, 2.45) is 0 Å². The second-order valence-electron chi connectivity index (χ2n) is 9.66. The number of nitrogens with zero attached hydrogens (tertiary/aromatic N) is 3. The first-order valence-electron chi connectivity index (χ1n) is 13.1. The highest BCUT2D eigenvalue weighted by atomic mass is 16.6. The molecule has 0 bridgehead atoms. The van der Waals surface area contributed by atoms with Gasteiger partial charge >= 0.3 is 11.8 Å². The molecule has 1 saturated heterocycles. The molecule has 5 rings (SSSR count). The Morgan fingerprint density at radius 1 is 0.947 bits per heavy atom. The number of piperidine rings is 1. The van der Waals surface area contributed by atoms with Gasteiger partial charge in [-0.1, -0.05) is 60.7 Å². The fraction of sp³-hybridized carbons (Fsp3) is 0.333. The van der Waals surface area contributed by atoms with Crippen LogP contribution in [-0.4, -0.2) is 58.8 Å². The van der Waals surface area contributed by atoms with E-state index in [1.807, 2.05) is 65.2 Å². The number of carbonyl (C=O) groups is 1. The fourth-order valence-electron chi connectivity index (χ4n) is 5.23. The smallest absolute Gasteiger partial charge is 0.409 e. The zero-order chi connectivity index (χ0) is 26.3. The van der Waals surface area contributed by atoms with Gasteiger partial charge in [0.25, 0.3) is 0 Å². The molecule has 1 amide bonds. The van der Waals surface area contributed by atoms with Crippen LogP contribution >= 0.6 is 0 Å². The molecule has 3 aromatic carbocycles. The molecule has 8 heteroatoms. The van der Waals surface area contributed by atoms with E-state index in [1.165, 1.54) is 5.56 Å². The summed E-state index contributed by atoms with van der Waals surface area (Å²) in [6.07, 6.45) is 1.13. The number of rotatable bonds is 9. The Labute approximate surface area is 222 Å². The van der Waals surface area contributed by atoms with Crippen molar-refractivity contribution in [2.75, 3.05) is 33.4 Å². The number of fused-ring (bicyclic) bond motifs is 1. The molecule has 0 aliphatic carbocycles. The summed E-state index contributed by atoms with van der Waals surface area (Å²) in [6, 6.07) is 26.1. The third kappa shape index (κ3) is 5.92. The lowest BCUT2D eigenvalue weighted by atomic mass is 10.0. The van der Waals surface area contributed by atoms with E-state index in [1.54, 1.807) is 12.0 Å². The number of aromatic amines is 1. The first-order valence-corrected chi connectivity index (χ1v) is 13.1. The van der Waals surface area contributed by atoms with Crippen molar-refractivity contribution in [1.82, 2.24) is 19.4 Å². The molecule has 1 N–H and O–H groups in total. The average Bonchev–Trinajstić information content (AvgIpc) is 3.29. The second-order valence-corrected chi connectivity index (χ2v) is 9.66. The van der Waals surface area contributed by atoms with Crippen molar-refractivity contribution in [1.29, 1.82) is 0 Å². The topological polar surface area (TPSA) is 79.8 Å². The minimum Gasteiger partial charge on any atom is -0.496 e. The van der Waals surface area contributed by atoms with Crippen LogP contribution in [0.4, 0.5) is 4.79 Å². The molecule has 198 valence electrons. The number of amides is 1. The highest BCUT2D eigenvalue weighted by Crippen LogP contribution is 2.25. The molecule has 2 heterocycles. The molecule has 0 radical (unpaired) electrons. The molecule has 1 aliphatic rings. The van der Waals surface area contributed by atoms with Crippen LogP contribution in [-0.2, 0) is 17.8 Å². The van der Waals surface area contributed by atoms with Crippen LogP contribution in [0.5, 0.6) is 5.75 Å². The molecular weight excluding hydrogens is 480 g/mol. The molecular formula is C30H34N4O4. The predicted molar refractivity (Wildman–Crippen MR) is 147 cm³/mol. The van der Waals surface area contributed by atoms with E-state index in [0.717, 1.165) is 28.9 Å². The number of benzene rings is 3. The van der Waals surface area contributed by atoms with E-state index in [2.05, 4.69) is 28.1 Å². The Kier molecular flexibility index (Phi) is 8.09. The number of hydrogen-bond acceptors (Lipinski definition) is 5. The SMILES string of the molecule is COc1ccccc1CN(CCOC(=O)N1CCC(n2c(=O)[nH]c3ccccc32)CC1)Cc1ccccc1. The standard InChI is InChI=1S/C30H34N4O4/c1-37-28-14-8-5-11-24(28)22-32(21-23-9-3-2-4-10-23)19-20-38-30(36)33-17-15-25(16-18-33)34-27-13-7-6-12-26(27)31-29(34)35/h2-14,25H,15-22H2,1H3,(H,31,35). The molecule has 0 atom stereocenters. The van der Waals surface area contributed by atoms with Crippen molar-refractivity contribution in [3.05, 3.63) is 100 Å². The summed E-state index contributed by atoms with van der Waals surface area (Å²) in [5.41, 5.74) is 3.94. The van der Waals surface area contributed by atoms with Crippen molar-refractivity contribution < 1.29 is 14.3 Å². The van der Waals surface area contributed by atoms with Gasteiger partial charge in [-0.3, -0.25) is 9.47 Å². The van der Waals surface area contributed by atoms with Crippen molar-refractivity contribution in [2.45, 2.75) is 32.0 Å². The van der Waals surface area contributed by atoms with E-state index in [0.29, 0.717) is 45.6 Å². The number of carbonyl (C=O) groups excluding carboxylic acids is 1. The first-order chi connectivity index (χ1) is 18.6. The minimum absolute atomic E-state index is 0.0601. The number of methoxy groups -OCH3 is 1. The van der Waals surface area contributed by atoms with E-state index < -0.39 is 0 Å². The van der Waals surface area contributed by atoms with Gasteiger partial charge in [-0.2, -0.15) is 0 Å². The zero-order valence-electron chi connectivity index (χ0n) is 21.7. The van der Waals surface area contributed by atoms with Gasteiger partial charge < -0.3 is 19.4 Å². The second kappa shape index (κ2) is 12.0. The molecule has 1 fully saturated rings. The number of para-hydroxylation sites is 3. The van der Waals surface area contributed by atoms with Crippen LogP contribution in [0.25, 0.3) is 11.0 Å². The number of hydrogen-bond donors (Lipinski definition) is 1. The number of H-pyrrole nitrogens is 1. The van der Waals surface area contributed by atoms with E-state index in [9.17, 15) is 9.59 Å². The van der Waals surface area contributed by atoms with Gasteiger partial charge in [-0.25, -0.2) is 9.59 Å². The lowest BCUT2D eigenvalue weighted by molar-refractivity contribution is 0.0768. The predicted octanol–water partition coefficient (Wildman–Crippen LogP) is 4.81. The highest BCUT2D eigenvalue weighted by Gasteiger charge is 2.27. The van der Waals surface area contributed by atoms with Crippen LogP contribution in [0, 0.1) is 0 Å². The summed E-state index contributed by atoms with van der Waals surface area (Å²) in [6.45, 7) is 3.43. The Morgan fingerprint density at radius 2 is 1.66 bits per heavy atom. The van der Waals surface area contributed by atoms with Gasteiger partial charge in [-0.05, 0) is 36.6 Å². The quantitative estimate of drug-likeness (QED) is 0.347. The van der Waals surface area contributed by atoms with E-state index >= 15 is 0 Å². The molecule has 1 aliphatic heterocycles. The van der Waals surface area contributed by atoms with Crippen LogP contribution in [0.2, 0.25) is 0 Å². The molecule has 1 aromatic heterocycles. The maximum absolute atomic E-state index is 12.9. The highest BCUT2D eigenvalue weighted by molar-refractivity contribution is 5.75. The van der Waals surface area contributed by atoms with Crippen LogP contribution < -0.4 is 10.4 Å². The van der Waals surface area contributed by atoms with Gasteiger partial charge in [0.1, 0.15) is 12.4 Å². The lowest BCUT2D eigenvalue weighted by Crippen LogP contribution is -2.41. The molecule has 4 aromatic rings. The Balaban J connectivity index is 1.16. The summed E-state index contributed by atoms with van der Waals surface area (Å²) >= 11 is 0. The molecule has 0 spiro atoms. The summed E-state index contributed by atoms with van der Waals surface area (Å²) in [4.78, 5) is 32.3. The summed E-state index contributed by atoms with van der Waals surface area (Å²) < 4.78 is 13.1. The number of imidazole rings is 1. The van der Waals surface area contributed by atoms with Gasteiger partial charge in [0.2, 0.25) is 0 Å². The maximum Gasteiger partial charge on any atom is 0.409 e. The van der Waals surface area contributed by atoms with Crippen LogP contribution in [0.1, 0.15) is 30.0 Å². The maximum atomic E-state index is 12.9.